The number of para-hydroxylation sites is 1. The Hall–Kier alpha value is -4.22. The molecule has 4 aromatic rings. The summed E-state index contributed by atoms with van der Waals surface area (Å²) >= 11 is 6.87. The van der Waals surface area contributed by atoms with Gasteiger partial charge in [0.15, 0.2) is 5.16 Å². The fourth-order valence-corrected chi connectivity index (χ4v) is 4.25. The molecule has 0 unspecified atom stereocenters. The first-order valence-electron chi connectivity index (χ1n) is 10.4. The number of nitro groups is 1. The van der Waals surface area contributed by atoms with Crippen LogP contribution in [0.1, 0.15) is 5.56 Å². The van der Waals surface area contributed by atoms with E-state index in [0.29, 0.717) is 33.1 Å². The van der Waals surface area contributed by atoms with Crippen LogP contribution in [0.5, 0.6) is 5.75 Å². The molecule has 1 amide bonds. The van der Waals surface area contributed by atoms with Crippen molar-refractivity contribution in [3.8, 4) is 11.4 Å². The quantitative estimate of drug-likeness (QED) is 0.120. The van der Waals surface area contributed by atoms with Crippen molar-refractivity contribution in [2.24, 2.45) is 5.10 Å². The van der Waals surface area contributed by atoms with Crippen LogP contribution in [0, 0.1) is 10.1 Å². The van der Waals surface area contributed by atoms with Crippen LogP contribution in [-0.2, 0) is 4.79 Å². The number of hydrazone groups is 1. The molecule has 0 aliphatic carbocycles. The summed E-state index contributed by atoms with van der Waals surface area (Å²) in [5.41, 5.74) is 3.31. The first-order valence-corrected chi connectivity index (χ1v) is 11.8. The second kappa shape index (κ2) is 11.0. The number of aromatic nitrogens is 2. The summed E-state index contributed by atoms with van der Waals surface area (Å²) in [6.45, 7) is 0. The fraction of sp³-hybridized carbons (Fsp3) is 0.0833. The van der Waals surface area contributed by atoms with Crippen molar-refractivity contribution in [1.82, 2.24) is 15.0 Å². The average molecular weight is 524 g/mol. The minimum atomic E-state index is -0.603. The highest BCUT2D eigenvalue weighted by Crippen LogP contribution is 2.25. The van der Waals surface area contributed by atoms with Gasteiger partial charge in [0.1, 0.15) is 10.8 Å². The van der Waals surface area contributed by atoms with Gasteiger partial charge < -0.3 is 4.74 Å². The maximum Gasteiger partial charge on any atom is 0.288 e. The summed E-state index contributed by atoms with van der Waals surface area (Å²) in [6, 6.07) is 18.1. The number of ether oxygens (including phenoxy) is 1. The van der Waals surface area contributed by atoms with E-state index in [-0.39, 0.29) is 22.0 Å². The number of nitro benzene ring substituents is 1. The van der Waals surface area contributed by atoms with E-state index in [1.807, 2.05) is 0 Å². The van der Waals surface area contributed by atoms with Crippen LogP contribution >= 0.6 is 23.4 Å². The average Bonchev–Trinajstić information content (AvgIpc) is 2.88. The molecule has 10 nitrogen and oxygen atoms in total. The van der Waals surface area contributed by atoms with E-state index in [2.05, 4.69) is 15.5 Å². The van der Waals surface area contributed by atoms with Gasteiger partial charge in [-0.05, 0) is 42.5 Å². The van der Waals surface area contributed by atoms with Gasteiger partial charge >= 0.3 is 0 Å². The smallest absolute Gasteiger partial charge is 0.288 e. The minimum Gasteiger partial charge on any atom is -0.497 e. The predicted molar refractivity (Wildman–Crippen MR) is 138 cm³/mol. The molecule has 182 valence electrons. The molecule has 4 rings (SSSR count). The van der Waals surface area contributed by atoms with Crippen LogP contribution in [0.4, 0.5) is 5.69 Å². The highest BCUT2D eigenvalue weighted by Gasteiger charge is 2.15. The number of halogens is 1. The van der Waals surface area contributed by atoms with E-state index in [0.717, 1.165) is 11.8 Å². The third-order valence-corrected chi connectivity index (χ3v) is 6.24. The number of carbonyl (C=O) groups excluding carboxylic acids is 1. The molecule has 0 saturated carbocycles. The second-order valence-electron chi connectivity index (χ2n) is 7.30. The molecule has 0 aliphatic heterocycles. The number of fused-ring (bicyclic) bond motifs is 1. The van der Waals surface area contributed by atoms with Gasteiger partial charge in [-0.15, -0.1) is 0 Å². The number of hydrogen-bond donors (Lipinski definition) is 1. The van der Waals surface area contributed by atoms with E-state index in [4.69, 9.17) is 16.3 Å². The summed E-state index contributed by atoms with van der Waals surface area (Å²) < 4.78 is 6.63. The van der Waals surface area contributed by atoms with Crippen molar-refractivity contribution in [3.05, 3.63) is 97.8 Å². The largest absolute Gasteiger partial charge is 0.497 e. The minimum absolute atomic E-state index is 0.00313. The van der Waals surface area contributed by atoms with E-state index in [1.165, 1.54) is 29.0 Å². The van der Waals surface area contributed by atoms with Gasteiger partial charge in [0.25, 0.3) is 17.2 Å². The summed E-state index contributed by atoms with van der Waals surface area (Å²) in [7, 11) is 1.55. The van der Waals surface area contributed by atoms with Gasteiger partial charge in [-0.25, -0.2) is 10.4 Å². The zero-order valence-corrected chi connectivity index (χ0v) is 20.3. The van der Waals surface area contributed by atoms with Gasteiger partial charge in [-0.1, -0.05) is 41.6 Å². The van der Waals surface area contributed by atoms with Gasteiger partial charge in [0, 0.05) is 11.6 Å². The van der Waals surface area contributed by atoms with Gasteiger partial charge in [0.05, 0.1) is 40.6 Å². The Bertz CT molecular complexity index is 1540. The molecule has 1 N–H and O–H groups in total. The molecule has 36 heavy (non-hydrogen) atoms. The highest BCUT2D eigenvalue weighted by molar-refractivity contribution is 7.99. The standard InChI is InChI=1S/C24H18ClN5O5S/c1-35-17-9-7-16(8-10-17)29-23(32)18-4-2-3-5-20(18)27-24(29)36-14-22(31)28-26-13-15-6-11-19(25)21(12-15)30(33)34/h2-13H,14H2,1H3,(H,28,31)/b26-13+. The number of thioether (sulfide) groups is 1. The Morgan fingerprint density at radius 3 is 2.69 bits per heavy atom. The number of hydrogen-bond acceptors (Lipinski definition) is 8. The Labute approximate surface area is 213 Å². The molecule has 1 aromatic heterocycles. The molecular formula is C24H18ClN5O5S. The van der Waals surface area contributed by atoms with E-state index in [1.54, 1.807) is 55.6 Å². The van der Waals surface area contributed by atoms with Crippen molar-refractivity contribution < 1.29 is 14.5 Å². The molecular weight excluding hydrogens is 506 g/mol. The Morgan fingerprint density at radius 2 is 1.97 bits per heavy atom. The van der Waals surface area contributed by atoms with Crippen molar-refractivity contribution in [3.63, 3.8) is 0 Å². The summed E-state index contributed by atoms with van der Waals surface area (Å²) in [4.78, 5) is 40.7. The molecule has 3 aromatic carbocycles. The molecule has 0 atom stereocenters. The molecule has 0 radical (unpaired) electrons. The lowest BCUT2D eigenvalue weighted by atomic mass is 10.2. The monoisotopic (exact) mass is 523 g/mol. The van der Waals surface area contributed by atoms with E-state index < -0.39 is 10.8 Å². The van der Waals surface area contributed by atoms with Crippen molar-refractivity contribution in [2.75, 3.05) is 12.9 Å². The Morgan fingerprint density at radius 1 is 1.22 bits per heavy atom. The number of rotatable bonds is 8. The maximum atomic E-state index is 13.3. The third-order valence-electron chi connectivity index (χ3n) is 4.98. The first kappa shape index (κ1) is 24.9. The Balaban J connectivity index is 1.54. The predicted octanol–water partition coefficient (Wildman–Crippen LogP) is 4.20. The van der Waals surface area contributed by atoms with Gasteiger partial charge in [-0.3, -0.25) is 24.3 Å². The number of benzene rings is 3. The fourth-order valence-electron chi connectivity index (χ4n) is 3.26. The molecule has 12 heteroatoms. The number of nitrogens with zero attached hydrogens (tertiary/aromatic N) is 4. The SMILES string of the molecule is COc1ccc(-n2c(SCC(=O)N/N=C/c3ccc(Cl)c([N+](=O)[O-])c3)nc3ccccc3c2=O)cc1. The second-order valence-corrected chi connectivity index (χ2v) is 8.65. The van der Waals surface area contributed by atoms with Crippen LogP contribution < -0.4 is 15.7 Å². The lowest BCUT2D eigenvalue weighted by Crippen LogP contribution is -2.24. The third kappa shape index (κ3) is 5.53. The molecule has 0 fully saturated rings. The number of amides is 1. The summed E-state index contributed by atoms with van der Waals surface area (Å²) in [5, 5.41) is 15.6. The number of nitrogens with one attached hydrogen (secondary N) is 1. The Kier molecular flexibility index (Phi) is 7.62. The summed E-state index contributed by atoms with van der Waals surface area (Å²) in [6.07, 6.45) is 1.27. The highest BCUT2D eigenvalue weighted by atomic mass is 35.5. The summed E-state index contributed by atoms with van der Waals surface area (Å²) in [5.74, 6) is 0.0976. The van der Waals surface area contributed by atoms with E-state index in [9.17, 15) is 19.7 Å². The van der Waals surface area contributed by atoms with Gasteiger partial charge in [0.2, 0.25) is 0 Å². The van der Waals surface area contributed by atoms with Crippen LogP contribution in [0.2, 0.25) is 5.02 Å². The molecule has 0 saturated heterocycles. The zero-order chi connectivity index (χ0) is 25.7. The number of methoxy groups -OCH3 is 1. The lowest BCUT2D eigenvalue weighted by Gasteiger charge is -2.13. The van der Waals surface area contributed by atoms with Gasteiger partial charge in [-0.2, -0.15) is 5.10 Å². The van der Waals surface area contributed by atoms with Crippen molar-refractivity contribution in [1.29, 1.82) is 0 Å². The van der Waals surface area contributed by atoms with E-state index >= 15 is 0 Å². The normalized spacial score (nSPS) is 11.1. The number of carbonyl (C=O) groups is 1. The first-order chi connectivity index (χ1) is 17.4. The van der Waals surface area contributed by atoms with Crippen LogP contribution in [0.25, 0.3) is 16.6 Å². The molecule has 0 bridgehead atoms. The maximum absolute atomic E-state index is 13.3. The zero-order valence-electron chi connectivity index (χ0n) is 18.8. The van der Waals surface area contributed by atoms with Crippen molar-refractivity contribution >= 4 is 52.1 Å². The van der Waals surface area contributed by atoms with Crippen LogP contribution in [-0.4, -0.2) is 39.5 Å². The van der Waals surface area contributed by atoms with Crippen LogP contribution in [0.3, 0.4) is 0 Å². The molecule has 0 spiro atoms. The van der Waals surface area contributed by atoms with Crippen molar-refractivity contribution in [2.45, 2.75) is 5.16 Å². The molecule has 0 aliphatic rings. The van der Waals surface area contributed by atoms with Crippen LogP contribution in [0.15, 0.2) is 81.8 Å². The topological polar surface area (TPSA) is 129 Å². The lowest BCUT2D eigenvalue weighted by molar-refractivity contribution is -0.384. The molecule has 1 heterocycles.